The van der Waals surface area contributed by atoms with Crippen LogP contribution in [0.2, 0.25) is 0 Å². The van der Waals surface area contributed by atoms with Gasteiger partial charge in [0.15, 0.2) is 0 Å². The number of ether oxygens (including phenoxy) is 1. The first kappa shape index (κ1) is 16.7. The minimum atomic E-state index is -0.448. The summed E-state index contributed by atoms with van der Waals surface area (Å²) in [5.74, 6) is -0.0805. The third kappa shape index (κ3) is 2.71. The number of aromatic amines is 1. The standard InChI is InChI=1S/C20H14N8O/c21-9-14-16(12-1-3-13(4-2-12)28-8-7-24-11-28)17-18(15-10-23-5-6-25-15)26-27-20(17)29-19(14)22/h1-8,10-11,16H,22H2,(H,26,27). The number of nitrogens with zero attached hydrogens (tertiary/aromatic N) is 6. The lowest BCUT2D eigenvalue weighted by atomic mass is 9.83. The summed E-state index contributed by atoms with van der Waals surface area (Å²) in [7, 11) is 0. The number of imidazole rings is 1. The Balaban J connectivity index is 1.66. The van der Waals surface area contributed by atoms with Gasteiger partial charge in [-0.3, -0.25) is 15.1 Å². The Hall–Kier alpha value is -4.45. The smallest absolute Gasteiger partial charge is 0.244 e. The number of nitrogens with one attached hydrogen (secondary N) is 1. The zero-order valence-electron chi connectivity index (χ0n) is 15.0. The van der Waals surface area contributed by atoms with Crippen LogP contribution in [0.25, 0.3) is 17.1 Å². The van der Waals surface area contributed by atoms with Crippen LogP contribution in [0.3, 0.4) is 0 Å². The number of nitrogens with two attached hydrogens (primary N) is 1. The first-order valence-corrected chi connectivity index (χ1v) is 8.77. The molecule has 0 radical (unpaired) electrons. The minimum absolute atomic E-state index is 0.0425. The van der Waals surface area contributed by atoms with E-state index in [1.807, 2.05) is 35.0 Å². The van der Waals surface area contributed by atoms with Gasteiger partial charge >= 0.3 is 0 Å². The third-order valence-corrected chi connectivity index (χ3v) is 4.79. The van der Waals surface area contributed by atoms with Crippen LogP contribution in [0.15, 0.2) is 73.0 Å². The molecule has 1 aliphatic heterocycles. The lowest BCUT2D eigenvalue weighted by molar-refractivity contribution is 0.379. The molecule has 9 heteroatoms. The molecule has 0 aliphatic carbocycles. The largest absolute Gasteiger partial charge is 0.420 e. The highest BCUT2D eigenvalue weighted by molar-refractivity contribution is 5.68. The van der Waals surface area contributed by atoms with Crippen LogP contribution >= 0.6 is 0 Å². The molecule has 1 atom stereocenters. The Morgan fingerprint density at radius 3 is 2.69 bits per heavy atom. The van der Waals surface area contributed by atoms with Gasteiger partial charge in [-0.2, -0.15) is 5.26 Å². The number of aromatic nitrogens is 6. The highest BCUT2D eigenvalue weighted by Crippen LogP contribution is 2.45. The van der Waals surface area contributed by atoms with E-state index in [0.717, 1.165) is 11.3 Å². The number of nitriles is 1. The van der Waals surface area contributed by atoms with E-state index in [-0.39, 0.29) is 5.88 Å². The molecule has 0 amide bonds. The van der Waals surface area contributed by atoms with Gasteiger partial charge in [-0.1, -0.05) is 12.1 Å². The average molecular weight is 382 g/mol. The van der Waals surface area contributed by atoms with E-state index in [4.69, 9.17) is 10.5 Å². The number of fused-ring (bicyclic) bond motifs is 1. The number of hydrogen-bond acceptors (Lipinski definition) is 7. The molecule has 1 unspecified atom stereocenters. The Bertz CT molecular complexity index is 1230. The van der Waals surface area contributed by atoms with Gasteiger partial charge in [0.1, 0.15) is 17.3 Å². The molecule has 5 rings (SSSR count). The molecule has 0 fully saturated rings. The van der Waals surface area contributed by atoms with E-state index in [2.05, 4.69) is 31.2 Å². The maximum Gasteiger partial charge on any atom is 0.244 e. The second-order valence-corrected chi connectivity index (χ2v) is 6.39. The molecule has 0 saturated heterocycles. The molecule has 4 heterocycles. The topological polar surface area (TPSA) is 131 Å². The second kappa shape index (κ2) is 6.61. The van der Waals surface area contributed by atoms with E-state index >= 15 is 0 Å². The van der Waals surface area contributed by atoms with Crippen molar-refractivity contribution in [2.75, 3.05) is 0 Å². The summed E-state index contributed by atoms with van der Waals surface area (Å²) in [6, 6.07) is 10.0. The minimum Gasteiger partial charge on any atom is -0.420 e. The van der Waals surface area contributed by atoms with Crippen molar-refractivity contribution in [1.82, 2.24) is 29.7 Å². The summed E-state index contributed by atoms with van der Waals surface area (Å²) < 4.78 is 7.50. The third-order valence-electron chi connectivity index (χ3n) is 4.79. The van der Waals surface area contributed by atoms with Gasteiger partial charge in [0.05, 0.1) is 29.7 Å². The monoisotopic (exact) mass is 382 g/mol. The maximum atomic E-state index is 9.78. The molecular formula is C20H14N8O. The van der Waals surface area contributed by atoms with Crippen molar-refractivity contribution in [3.8, 4) is 29.0 Å². The highest BCUT2D eigenvalue weighted by Gasteiger charge is 2.35. The van der Waals surface area contributed by atoms with Gasteiger partial charge in [-0.15, -0.1) is 5.10 Å². The molecule has 1 aromatic carbocycles. The van der Waals surface area contributed by atoms with Crippen LogP contribution in [-0.4, -0.2) is 29.7 Å². The predicted octanol–water partition coefficient (Wildman–Crippen LogP) is 2.27. The quantitative estimate of drug-likeness (QED) is 0.555. The fourth-order valence-corrected chi connectivity index (χ4v) is 3.45. The average Bonchev–Trinajstić information content (AvgIpc) is 3.44. The summed E-state index contributed by atoms with van der Waals surface area (Å²) >= 11 is 0. The van der Waals surface area contributed by atoms with Crippen molar-refractivity contribution in [2.24, 2.45) is 5.73 Å². The van der Waals surface area contributed by atoms with E-state index in [1.54, 1.807) is 31.1 Å². The van der Waals surface area contributed by atoms with Gasteiger partial charge in [0, 0.05) is 30.5 Å². The summed E-state index contributed by atoms with van der Waals surface area (Å²) in [4.78, 5) is 12.5. The van der Waals surface area contributed by atoms with Crippen LogP contribution in [0.1, 0.15) is 17.0 Å². The van der Waals surface area contributed by atoms with Gasteiger partial charge in [0.2, 0.25) is 11.8 Å². The zero-order valence-corrected chi connectivity index (χ0v) is 15.0. The van der Waals surface area contributed by atoms with Crippen molar-refractivity contribution in [2.45, 2.75) is 5.92 Å². The molecule has 3 N–H and O–H groups in total. The van der Waals surface area contributed by atoms with Crippen LogP contribution < -0.4 is 10.5 Å². The van der Waals surface area contributed by atoms with Crippen LogP contribution in [0.4, 0.5) is 0 Å². The Labute approximate surface area is 165 Å². The van der Waals surface area contributed by atoms with Crippen LogP contribution in [0.5, 0.6) is 5.88 Å². The van der Waals surface area contributed by atoms with E-state index < -0.39 is 5.92 Å². The molecular weight excluding hydrogens is 368 g/mol. The van der Waals surface area contributed by atoms with E-state index in [9.17, 15) is 5.26 Å². The van der Waals surface area contributed by atoms with Crippen molar-refractivity contribution >= 4 is 0 Å². The maximum absolute atomic E-state index is 9.78. The molecule has 1 aliphatic rings. The predicted molar refractivity (Wildman–Crippen MR) is 102 cm³/mol. The number of rotatable bonds is 3. The molecule has 4 aromatic rings. The van der Waals surface area contributed by atoms with Gasteiger partial charge in [-0.05, 0) is 17.7 Å². The normalized spacial score (nSPS) is 15.5. The Morgan fingerprint density at radius 2 is 2.00 bits per heavy atom. The summed E-state index contributed by atoms with van der Waals surface area (Å²) in [6.07, 6.45) is 10.1. The van der Waals surface area contributed by atoms with Crippen molar-refractivity contribution in [1.29, 1.82) is 5.26 Å². The summed E-state index contributed by atoms with van der Waals surface area (Å²) in [5, 5.41) is 17.0. The van der Waals surface area contributed by atoms with E-state index in [0.29, 0.717) is 28.4 Å². The molecule has 29 heavy (non-hydrogen) atoms. The van der Waals surface area contributed by atoms with E-state index in [1.165, 1.54) is 0 Å². The Kier molecular flexibility index (Phi) is 3.81. The molecule has 0 spiro atoms. The molecule has 140 valence electrons. The van der Waals surface area contributed by atoms with Crippen LogP contribution in [-0.2, 0) is 0 Å². The van der Waals surface area contributed by atoms with Gasteiger partial charge in [-0.25, -0.2) is 4.98 Å². The van der Waals surface area contributed by atoms with Gasteiger partial charge in [0.25, 0.3) is 0 Å². The fourth-order valence-electron chi connectivity index (χ4n) is 3.45. The molecule has 3 aromatic heterocycles. The SMILES string of the molecule is N#CC1=C(N)Oc2n[nH]c(-c3cnccn3)c2C1c1ccc(-n2ccnc2)cc1. The van der Waals surface area contributed by atoms with Crippen molar-refractivity contribution < 1.29 is 4.74 Å². The van der Waals surface area contributed by atoms with Crippen molar-refractivity contribution in [3.63, 3.8) is 0 Å². The lowest BCUT2D eigenvalue weighted by Crippen LogP contribution is -2.21. The zero-order chi connectivity index (χ0) is 19.8. The summed E-state index contributed by atoms with van der Waals surface area (Å²) in [6.45, 7) is 0. The number of benzene rings is 1. The van der Waals surface area contributed by atoms with Crippen LogP contribution in [0, 0.1) is 11.3 Å². The molecule has 9 nitrogen and oxygen atoms in total. The first-order chi connectivity index (χ1) is 14.3. The number of allylic oxidation sites excluding steroid dienone is 1. The van der Waals surface area contributed by atoms with Gasteiger partial charge < -0.3 is 15.0 Å². The summed E-state index contributed by atoms with van der Waals surface area (Å²) in [5.41, 5.74) is 10.1. The highest BCUT2D eigenvalue weighted by atomic mass is 16.5. The first-order valence-electron chi connectivity index (χ1n) is 8.77. The lowest BCUT2D eigenvalue weighted by Gasteiger charge is -2.24. The number of hydrogen-bond donors (Lipinski definition) is 2. The molecule has 0 bridgehead atoms. The Morgan fingerprint density at radius 1 is 1.14 bits per heavy atom. The molecule has 0 saturated carbocycles. The second-order valence-electron chi connectivity index (χ2n) is 6.39. The fraction of sp³-hybridized carbons (Fsp3) is 0.0500. The number of H-pyrrole nitrogens is 1. The van der Waals surface area contributed by atoms with Crippen molar-refractivity contribution in [3.05, 3.63) is 84.2 Å².